The van der Waals surface area contributed by atoms with E-state index in [1.807, 2.05) is 60.7 Å². The number of hydrogen-bond donors (Lipinski definition) is 0. The van der Waals surface area contributed by atoms with Crippen LogP contribution in [0.1, 0.15) is 0 Å². The van der Waals surface area contributed by atoms with Gasteiger partial charge in [-0.25, -0.2) is 12.1 Å². The minimum Gasteiger partial charge on any atom is -0.748 e. The topological polar surface area (TPSA) is 39.8 Å². The Morgan fingerprint density at radius 1 is 0.650 bits per heavy atom. The zero-order valence-corrected chi connectivity index (χ0v) is 15.0. The van der Waals surface area contributed by atoms with Crippen molar-refractivity contribution in [3.8, 4) is 0 Å². The summed E-state index contributed by atoms with van der Waals surface area (Å²) in [7, 11) is 0. The number of rotatable bonds is 0. The Labute approximate surface area is 154 Å². The molecule has 6 heteroatoms. The molecule has 2 nitrogen and oxygen atoms in total. The summed E-state index contributed by atoms with van der Waals surface area (Å²) in [4.78, 5) is 0. The molecule has 2 radical (unpaired) electrons. The molecule has 0 atom stereocenters. The van der Waals surface area contributed by atoms with Crippen LogP contribution < -0.4 is 0 Å². The third kappa shape index (κ3) is 52.1. The van der Waals surface area contributed by atoms with Crippen LogP contribution in [0.15, 0.2) is 60.7 Å². The predicted molar refractivity (Wildman–Crippen MR) is 78.5 cm³/mol. The molecule has 2 aromatic carbocycles. The first-order chi connectivity index (χ1) is 9.00. The van der Waals surface area contributed by atoms with Gasteiger partial charge in [-0.2, -0.15) is 30.7 Å². The van der Waals surface area contributed by atoms with Gasteiger partial charge in [-0.3, -0.25) is 0 Å². The van der Waals surface area contributed by atoms with Gasteiger partial charge in [-0.15, -0.1) is 0 Å². The van der Waals surface area contributed by atoms with Crippen molar-refractivity contribution in [1.29, 1.82) is 0 Å². The molecule has 0 aromatic heterocycles. The number of hydrogen-bond acceptors (Lipinski definition) is 2. The largest absolute Gasteiger partial charge is 5.00 e. The van der Waals surface area contributed by atoms with E-state index < -0.39 is 0 Å². The molecule has 0 aliphatic carbocycles. The van der Waals surface area contributed by atoms with E-state index in [1.54, 1.807) is 12.5 Å². The minimum absolute atomic E-state index is 0. The second-order valence-corrected chi connectivity index (χ2v) is 1.92. The Morgan fingerprint density at radius 2 is 0.850 bits per heavy atom. The van der Waals surface area contributed by atoms with E-state index in [-0.39, 0.29) is 34.1 Å². The molecule has 0 fully saturated rings. The maximum Gasteiger partial charge on any atom is 5.00 e. The maximum absolute atomic E-state index is 7.50. The van der Waals surface area contributed by atoms with E-state index in [0.717, 1.165) is 0 Å². The molecule has 110 valence electrons. The van der Waals surface area contributed by atoms with Crippen LogP contribution in [0.2, 0.25) is 0 Å². The Morgan fingerprint density at radius 3 is 0.950 bits per heavy atom. The van der Waals surface area contributed by atoms with E-state index in [4.69, 9.17) is 9.30 Å². The van der Waals surface area contributed by atoms with Crippen LogP contribution in [0, 0.1) is 13.3 Å². The first-order valence-electron chi connectivity index (χ1n) is 4.56. The first-order valence-corrected chi connectivity index (χ1v) is 6.19. The molecular formula is C14H16Fe2O2S2+2. The van der Waals surface area contributed by atoms with Gasteiger partial charge in [0.15, 0.2) is 0 Å². The molecule has 20 heavy (non-hydrogen) atoms. The molecule has 0 aliphatic rings. The Kier molecular flexibility index (Phi) is 114. The van der Waals surface area contributed by atoms with Crippen LogP contribution in [-0.4, -0.2) is 12.5 Å². The monoisotopic (exact) mass is 392 g/mol. The molecule has 0 bridgehead atoms. The van der Waals surface area contributed by atoms with Gasteiger partial charge in [-0.1, -0.05) is 0 Å². The summed E-state index contributed by atoms with van der Waals surface area (Å²) in [5.41, 5.74) is 0. The third-order valence-corrected chi connectivity index (χ3v) is 1.11. The van der Waals surface area contributed by atoms with Crippen LogP contribution in [0.25, 0.3) is 0 Å². The fourth-order valence-corrected chi connectivity index (χ4v) is 0.642. The normalized spacial score (nSPS) is 4.80. The Bertz CT molecular complexity index is 227. The predicted octanol–water partition coefficient (Wildman–Crippen LogP) is 3.06. The SMILES string of the molecule is C[S-].C[S-].[C-]#[O+].[C-]#[O+].[Fe+5].[Fe+5].[cH-]1[cH-][cH-][cH-][cH-]1.c1cc[cH-]c1. The van der Waals surface area contributed by atoms with E-state index in [2.05, 4.69) is 38.6 Å². The summed E-state index contributed by atoms with van der Waals surface area (Å²) in [5, 5.41) is 0. The summed E-state index contributed by atoms with van der Waals surface area (Å²) in [6, 6.07) is 20.0. The summed E-state index contributed by atoms with van der Waals surface area (Å²) >= 11 is 8.17. The van der Waals surface area contributed by atoms with E-state index in [0.29, 0.717) is 0 Å². The summed E-state index contributed by atoms with van der Waals surface area (Å²) in [6.45, 7) is 9.00. The summed E-state index contributed by atoms with van der Waals surface area (Å²) < 4.78 is 15.0. The van der Waals surface area contributed by atoms with Gasteiger partial charge in [0.25, 0.3) is 0 Å². The van der Waals surface area contributed by atoms with Gasteiger partial charge in [0.2, 0.25) is 0 Å². The van der Waals surface area contributed by atoms with Gasteiger partial charge in [-0.05, 0) is 0 Å². The molecule has 2 aromatic rings. The van der Waals surface area contributed by atoms with Gasteiger partial charge in [0.1, 0.15) is 0 Å². The van der Waals surface area contributed by atoms with Crippen molar-refractivity contribution in [2.45, 2.75) is 0 Å². The second kappa shape index (κ2) is 61.7. The van der Waals surface area contributed by atoms with Crippen LogP contribution in [0.4, 0.5) is 0 Å². The Hall–Kier alpha value is -0.0810. The average molecular weight is 392 g/mol. The van der Waals surface area contributed by atoms with Crippen molar-refractivity contribution in [2.24, 2.45) is 0 Å². The molecule has 0 aliphatic heterocycles. The molecular weight excluding hydrogens is 376 g/mol. The zero-order valence-electron chi connectivity index (χ0n) is 11.1. The molecule has 0 saturated carbocycles. The first kappa shape index (κ1) is 36.8. The van der Waals surface area contributed by atoms with Crippen molar-refractivity contribution in [2.75, 3.05) is 12.5 Å². The summed E-state index contributed by atoms with van der Waals surface area (Å²) in [6.07, 6.45) is 3.17. The fraction of sp³-hybridized carbons (Fsp3) is 0.143. The zero-order chi connectivity index (χ0) is 15.1. The molecule has 0 spiro atoms. The molecule has 0 unspecified atom stereocenters. The standard InChI is InChI=1S/2C5H5.2CO.2CH4S.2Fe/c2*1-2-4-5-3-1;4*1-2;;/h2*1-5H;;;2*2H,1H3;;/q-5;-1;;;;;2*+5/p-2. The van der Waals surface area contributed by atoms with Crippen molar-refractivity contribution in [3.63, 3.8) is 0 Å². The van der Waals surface area contributed by atoms with Gasteiger partial charge in [0, 0.05) is 0 Å². The third-order valence-electron chi connectivity index (χ3n) is 1.11. The molecule has 0 heterocycles. The minimum atomic E-state index is 0. The van der Waals surface area contributed by atoms with Crippen molar-refractivity contribution in [3.05, 3.63) is 74.0 Å². The van der Waals surface area contributed by atoms with Crippen LogP contribution in [0.5, 0.6) is 0 Å². The fourth-order valence-electron chi connectivity index (χ4n) is 0.642. The molecule has 0 saturated heterocycles. The van der Waals surface area contributed by atoms with Gasteiger partial charge < -0.3 is 55.6 Å². The summed E-state index contributed by atoms with van der Waals surface area (Å²) in [5.74, 6) is 0. The molecule has 0 N–H and O–H groups in total. The quantitative estimate of drug-likeness (QED) is 0.299. The molecule has 0 amide bonds. The van der Waals surface area contributed by atoms with Crippen molar-refractivity contribution >= 4 is 25.3 Å². The van der Waals surface area contributed by atoms with E-state index in [1.165, 1.54) is 0 Å². The van der Waals surface area contributed by atoms with Crippen molar-refractivity contribution < 1.29 is 43.4 Å². The maximum atomic E-state index is 7.50. The molecule has 2 rings (SSSR count). The van der Waals surface area contributed by atoms with Gasteiger partial charge >= 0.3 is 56.7 Å². The second-order valence-electron chi connectivity index (χ2n) is 1.92. The van der Waals surface area contributed by atoms with Crippen LogP contribution in [0.3, 0.4) is 0 Å². The smallest absolute Gasteiger partial charge is 0.748 e. The van der Waals surface area contributed by atoms with Gasteiger partial charge in [0.05, 0.1) is 0 Å². The average Bonchev–Trinajstić information content (AvgIpc) is 3.25. The van der Waals surface area contributed by atoms with Crippen molar-refractivity contribution in [1.82, 2.24) is 0 Å². The van der Waals surface area contributed by atoms with E-state index in [9.17, 15) is 0 Å². The Balaban J connectivity index is -0.0000000311. The van der Waals surface area contributed by atoms with Crippen LogP contribution >= 0.6 is 0 Å². The van der Waals surface area contributed by atoms with E-state index >= 15 is 0 Å². The van der Waals surface area contributed by atoms with Crippen LogP contribution in [-0.2, 0) is 68.7 Å².